The average Bonchev–Trinajstić information content (AvgIpc) is 2.59. The summed E-state index contributed by atoms with van der Waals surface area (Å²) in [7, 11) is -2.46. The first-order valence-corrected chi connectivity index (χ1v) is 9.90. The molecule has 1 aliphatic rings. The second-order valence-corrected chi connectivity index (χ2v) is 7.96. The van der Waals surface area contributed by atoms with E-state index in [9.17, 15) is 13.2 Å². The van der Waals surface area contributed by atoms with Crippen LogP contribution in [0.15, 0.2) is 23.1 Å². The van der Waals surface area contributed by atoms with Crippen molar-refractivity contribution in [3.63, 3.8) is 0 Å². The molecule has 134 valence electrons. The lowest BCUT2D eigenvalue weighted by molar-refractivity contribution is 0.0600. The van der Waals surface area contributed by atoms with Gasteiger partial charge in [0.05, 0.1) is 22.6 Å². The van der Waals surface area contributed by atoms with Crippen molar-refractivity contribution in [2.75, 3.05) is 33.3 Å². The van der Waals surface area contributed by atoms with Gasteiger partial charge in [0.25, 0.3) is 0 Å². The van der Waals surface area contributed by atoms with Crippen LogP contribution in [0.5, 0.6) is 0 Å². The maximum Gasteiger partial charge on any atom is 0.339 e. The minimum atomic E-state index is -3.68. The summed E-state index contributed by atoms with van der Waals surface area (Å²) >= 11 is 5.91. The molecule has 0 amide bonds. The number of esters is 1. The molecule has 6 nitrogen and oxygen atoms in total. The monoisotopic (exact) mass is 374 g/mol. The number of carbonyl (C=O) groups is 1. The molecular weight excluding hydrogens is 352 g/mol. The minimum Gasteiger partial charge on any atom is -0.465 e. The second kappa shape index (κ2) is 8.80. The molecule has 0 spiro atoms. The molecule has 0 aliphatic carbocycles. The lowest BCUT2D eigenvalue weighted by Crippen LogP contribution is -2.33. The van der Waals surface area contributed by atoms with Crippen molar-refractivity contribution in [3.8, 4) is 0 Å². The van der Waals surface area contributed by atoms with Crippen LogP contribution in [-0.4, -0.2) is 52.6 Å². The standard InChI is InChI=1S/C16H23ClN2O4S/c1-23-16(20)14-12-13(6-7-15(14)17)24(21,22)18-8-5-11-19-9-3-2-4-10-19/h6-7,12,18H,2-5,8-11H2,1H3. The van der Waals surface area contributed by atoms with Crippen LogP contribution >= 0.6 is 11.6 Å². The van der Waals surface area contributed by atoms with E-state index in [1.54, 1.807) is 0 Å². The second-order valence-electron chi connectivity index (χ2n) is 5.79. The first-order chi connectivity index (χ1) is 11.4. The highest BCUT2D eigenvalue weighted by Crippen LogP contribution is 2.21. The quantitative estimate of drug-likeness (QED) is 0.585. The van der Waals surface area contributed by atoms with Gasteiger partial charge >= 0.3 is 5.97 Å². The number of piperidine rings is 1. The molecule has 0 atom stereocenters. The number of hydrogen-bond donors (Lipinski definition) is 1. The summed E-state index contributed by atoms with van der Waals surface area (Å²) in [4.78, 5) is 14.0. The Kier molecular flexibility index (Phi) is 7.03. The summed E-state index contributed by atoms with van der Waals surface area (Å²) in [6, 6.07) is 4.00. The van der Waals surface area contributed by atoms with Crippen LogP contribution in [0.1, 0.15) is 36.0 Å². The zero-order chi connectivity index (χ0) is 17.6. The fourth-order valence-corrected chi connectivity index (χ4v) is 4.01. The Balaban J connectivity index is 1.93. The maximum absolute atomic E-state index is 12.3. The van der Waals surface area contributed by atoms with Crippen LogP contribution < -0.4 is 4.72 Å². The maximum atomic E-state index is 12.3. The number of sulfonamides is 1. The van der Waals surface area contributed by atoms with E-state index in [0.717, 1.165) is 26.1 Å². The van der Waals surface area contributed by atoms with Crippen molar-refractivity contribution in [1.82, 2.24) is 9.62 Å². The van der Waals surface area contributed by atoms with E-state index in [2.05, 4.69) is 14.4 Å². The molecule has 1 saturated heterocycles. The highest BCUT2D eigenvalue weighted by atomic mass is 35.5. The van der Waals surface area contributed by atoms with Gasteiger partial charge in [-0.1, -0.05) is 18.0 Å². The normalized spacial score (nSPS) is 16.1. The van der Waals surface area contributed by atoms with Gasteiger partial charge in [-0.05, 0) is 57.1 Å². The van der Waals surface area contributed by atoms with E-state index in [0.29, 0.717) is 6.54 Å². The Labute approximate surface area is 148 Å². The number of likely N-dealkylation sites (tertiary alicyclic amines) is 1. The van der Waals surface area contributed by atoms with Gasteiger partial charge in [-0.25, -0.2) is 17.9 Å². The van der Waals surface area contributed by atoms with Crippen molar-refractivity contribution in [1.29, 1.82) is 0 Å². The number of nitrogens with zero attached hydrogens (tertiary/aromatic N) is 1. The van der Waals surface area contributed by atoms with E-state index in [4.69, 9.17) is 11.6 Å². The Morgan fingerprint density at radius 3 is 2.67 bits per heavy atom. The van der Waals surface area contributed by atoms with E-state index in [1.165, 1.54) is 44.6 Å². The van der Waals surface area contributed by atoms with Crippen molar-refractivity contribution in [3.05, 3.63) is 28.8 Å². The molecular formula is C16H23ClN2O4S. The van der Waals surface area contributed by atoms with Crippen molar-refractivity contribution < 1.29 is 17.9 Å². The fraction of sp³-hybridized carbons (Fsp3) is 0.562. The van der Waals surface area contributed by atoms with Crippen LogP contribution in [0, 0.1) is 0 Å². The third kappa shape index (κ3) is 5.17. The number of carbonyl (C=O) groups excluding carboxylic acids is 1. The summed E-state index contributed by atoms with van der Waals surface area (Å²) in [5.74, 6) is -0.665. The molecule has 0 saturated carbocycles. The van der Waals surface area contributed by atoms with Crippen LogP contribution in [0.2, 0.25) is 5.02 Å². The number of rotatable bonds is 7. The molecule has 1 heterocycles. The van der Waals surface area contributed by atoms with Crippen LogP contribution in [0.3, 0.4) is 0 Å². The van der Waals surface area contributed by atoms with Crippen LogP contribution in [0.25, 0.3) is 0 Å². The number of halogens is 1. The molecule has 0 aromatic heterocycles. The van der Waals surface area contributed by atoms with E-state index in [-0.39, 0.29) is 15.5 Å². The lowest BCUT2D eigenvalue weighted by atomic mass is 10.1. The number of ether oxygens (including phenoxy) is 1. The Morgan fingerprint density at radius 1 is 1.29 bits per heavy atom. The molecule has 0 unspecified atom stereocenters. The Hall–Kier alpha value is -1.15. The molecule has 1 aromatic carbocycles. The van der Waals surface area contributed by atoms with Crippen LogP contribution in [-0.2, 0) is 14.8 Å². The molecule has 0 radical (unpaired) electrons. The van der Waals surface area contributed by atoms with Crippen molar-refractivity contribution in [2.45, 2.75) is 30.6 Å². The number of nitrogens with one attached hydrogen (secondary N) is 1. The van der Waals surface area contributed by atoms with Crippen molar-refractivity contribution >= 4 is 27.6 Å². The first-order valence-electron chi connectivity index (χ1n) is 8.04. The summed E-state index contributed by atoms with van der Waals surface area (Å²) in [6.45, 7) is 3.42. The average molecular weight is 375 g/mol. The number of hydrogen-bond acceptors (Lipinski definition) is 5. The highest BCUT2D eigenvalue weighted by molar-refractivity contribution is 7.89. The number of methoxy groups -OCH3 is 1. The van der Waals surface area contributed by atoms with Gasteiger partial charge in [0.1, 0.15) is 0 Å². The predicted molar refractivity (Wildman–Crippen MR) is 92.9 cm³/mol. The molecule has 1 fully saturated rings. The predicted octanol–water partition coefficient (Wildman–Crippen LogP) is 2.28. The zero-order valence-corrected chi connectivity index (χ0v) is 15.3. The fourth-order valence-electron chi connectivity index (χ4n) is 2.71. The third-order valence-corrected chi connectivity index (χ3v) is 5.83. The van der Waals surface area contributed by atoms with Gasteiger partial charge in [-0.2, -0.15) is 0 Å². The Morgan fingerprint density at radius 2 is 2.00 bits per heavy atom. The smallest absolute Gasteiger partial charge is 0.339 e. The van der Waals surface area contributed by atoms with E-state index < -0.39 is 16.0 Å². The van der Waals surface area contributed by atoms with Crippen LogP contribution in [0.4, 0.5) is 0 Å². The molecule has 1 aromatic rings. The van der Waals surface area contributed by atoms with Gasteiger partial charge in [0, 0.05) is 6.54 Å². The molecule has 0 bridgehead atoms. The molecule has 1 N–H and O–H groups in total. The highest BCUT2D eigenvalue weighted by Gasteiger charge is 2.19. The van der Waals surface area contributed by atoms with E-state index >= 15 is 0 Å². The summed E-state index contributed by atoms with van der Waals surface area (Å²) < 4.78 is 31.9. The van der Waals surface area contributed by atoms with Gasteiger partial charge in [-0.15, -0.1) is 0 Å². The zero-order valence-electron chi connectivity index (χ0n) is 13.8. The molecule has 1 aliphatic heterocycles. The van der Waals surface area contributed by atoms with Crippen molar-refractivity contribution in [2.24, 2.45) is 0 Å². The molecule has 24 heavy (non-hydrogen) atoms. The molecule has 8 heteroatoms. The number of benzene rings is 1. The lowest BCUT2D eigenvalue weighted by Gasteiger charge is -2.26. The van der Waals surface area contributed by atoms with Gasteiger partial charge in [0.15, 0.2) is 0 Å². The summed E-state index contributed by atoms with van der Waals surface area (Å²) in [6.07, 6.45) is 4.46. The minimum absolute atomic E-state index is 0.00488. The van der Waals surface area contributed by atoms with Gasteiger partial charge < -0.3 is 9.64 Å². The summed E-state index contributed by atoms with van der Waals surface area (Å²) in [5, 5.41) is 0.158. The summed E-state index contributed by atoms with van der Waals surface area (Å²) in [5.41, 5.74) is 0.0374. The first kappa shape index (κ1) is 19.2. The largest absolute Gasteiger partial charge is 0.465 e. The topological polar surface area (TPSA) is 75.7 Å². The SMILES string of the molecule is COC(=O)c1cc(S(=O)(=O)NCCCN2CCCCC2)ccc1Cl. The third-order valence-electron chi connectivity index (χ3n) is 4.05. The Bertz CT molecular complexity index is 673. The van der Waals surface area contributed by atoms with Gasteiger partial charge in [-0.3, -0.25) is 0 Å². The van der Waals surface area contributed by atoms with E-state index in [1.807, 2.05) is 0 Å². The molecule has 2 rings (SSSR count). The van der Waals surface area contributed by atoms with Gasteiger partial charge in [0.2, 0.25) is 10.0 Å².